The van der Waals surface area contributed by atoms with Gasteiger partial charge in [0, 0.05) is 54.4 Å². The smallest absolute Gasteiger partial charge is 0.254 e. The van der Waals surface area contributed by atoms with Gasteiger partial charge >= 0.3 is 0 Å². The van der Waals surface area contributed by atoms with Crippen LogP contribution in [0.25, 0.3) is 0 Å². The fourth-order valence-corrected chi connectivity index (χ4v) is 3.93. The van der Waals surface area contributed by atoms with Crippen molar-refractivity contribution >= 4 is 17.5 Å². The molecule has 3 heterocycles. The number of carbonyl (C=O) groups excluding carboxylic acids is 1. The maximum atomic E-state index is 13.6. The summed E-state index contributed by atoms with van der Waals surface area (Å²) >= 11 is 5.88. The molecule has 1 aromatic carbocycles. The first-order valence-corrected chi connectivity index (χ1v) is 9.63. The van der Waals surface area contributed by atoms with Crippen LogP contribution in [0, 0.1) is 5.82 Å². The topological polar surface area (TPSA) is 51.0 Å². The lowest BCUT2D eigenvalue weighted by Crippen LogP contribution is -2.38. The van der Waals surface area contributed by atoms with Crippen LogP contribution < -0.4 is 0 Å². The second kappa shape index (κ2) is 8.10. The molecule has 7 heteroatoms. The molecule has 28 heavy (non-hydrogen) atoms. The molecule has 2 aromatic heterocycles. The molecule has 144 valence electrons. The number of rotatable bonds is 4. The van der Waals surface area contributed by atoms with Crippen LogP contribution in [0.2, 0.25) is 5.02 Å². The van der Waals surface area contributed by atoms with Gasteiger partial charge in [0.05, 0.1) is 6.54 Å². The van der Waals surface area contributed by atoms with Gasteiger partial charge in [-0.05, 0) is 42.7 Å². The first kappa shape index (κ1) is 18.6. The Balaban J connectivity index is 1.42. The molecule has 1 fully saturated rings. The Morgan fingerprint density at radius 1 is 1.21 bits per heavy atom. The molecular weight excluding hydrogens is 379 g/mol. The van der Waals surface area contributed by atoms with E-state index in [1.807, 2.05) is 30.7 Å². The lowest BCUT2D eigenvalue weighted by atomic mass is 9.95. The molecule has 1 amide bonds. The Kier molecular flexibility index (Phi) is 5.39. The summed E-state index contributed by atoms with van der Waals surface area (Å²) in [6, 6.07) is 7.92. The number of pyridine rings is 1. The van der Waals surface area contributed by atoms with E-state index in [1.54, 1.807) is 11.1 Å². The van der Waals surface area contributed by atoms with E-state index < -0.39 is 5.82 Å². The van der Waals surface area contributed by atoms with Crippen LogP contribution >= 0.6 is 11.6 Å². The van der Waals surface area contributed by atoms with Gasteiger partial charge in [0.25, 0.3) is 5.91 Å². The molecule has 0 radical (unpaired) electrons. The van der Waals surface area contributed by atoms with Crippen LogP contribution in [0.1, 0.15) is 40.5 Å². The number of halogens is 2. The fraction of sp³-hybridized carbons (Fsp3) is 0.286. The summed E-state index contributed by atoms with van der Waals surface area (Å²) in [5.74, 6) is 0.637. The number of nitrogens with zero attached hydrogens (tertiary/aromatic N) is 4. The van der Waals surface area contributed by atoms with Crippen LogP contribution in [0.3, 0.4) is 0 Å². The van der Waals surface area contributed by atoms with Gasteiger partial charge < -0.3 is 9.47 Å². The lowest BCUT2D eigenvalue weighted by Gasteiger charge is -2.32. The Morgan fingerprint density at radius 2 is 2.04 bits per heavy atom. The van der Waals surface area contributed by atoms with Crippen LogP contribution in [0.15, 0.2) is 55.1 Å². The van der Waals surface area contributed by atoms with E-state index in [9.17, 15) is 9.18 Å². The van der Waals surface area contributed by atoms with Crippen molar-refractivity contribution in [1.82, 2.24) is 19.4 Å². The highest BCUT2D eigenvalue weighted by Crippen LogP contribution is 2.28. The minimum atomic E-state index is -0.497. The first-order chi connectivity index (χ1) is 13.6. The van der Waals surface area contributed by atoms with Crippen LogP contribution in [0.4, 0.5) is 4.39 Å². The molecule has 0 unspecified atom stereocenters. The number of hydrogen-bond acceptors (Lipinski definition) is 3. The molecule has 0 spiro atoms. The maximum Gasteiger partial charge on any atom is 0.254 e. The average molecular weight is 399 g/mol. The van der Waals surface area contributed by atoms with Crippen molar-refractivity contribution in [3.63, 3.8) is 0 Å². The van der Waals surface area contributed by atoms with Gasteiger partial charge in [-0.15, -0.1) is 0 Å². The van der Waals surface area contributed by atoms with Crippen molar-refractivity contribution in [3.8, 4) is 0 Å². The summed E-state index contributed by atoms with van der Waals surface area (Å²) in [5, 5.41) is 0.232. The zero-order valence-corrected chi connectivity index (χ0v) is 16.0. The normalized spacial score (nSPS) is 15.0. The molecule has 0 aliphatic carbocycles. The highest BCUT2D eigenvalue weighted by Gasteiger charge is 2.27. The van der Waals surface area contributed by atoms with E-state index in [0.29, 0.717) is 18.7 Å². The fourth-order valence-electron chi connectivity index (χ4n) is 3.70. The number of hydrogen-bond donors (Lipinski definition) is 0. The number of amides is 1. The monoisotopic (exact) mass is 398 g/mol. The van der Waals surface area contributed by atoms with E-state index in [1.165, 1.54) is 18.2 Å². The van der Waals surface area contributed by atoms with E-state index in [2.05, 4.69) is 14.5 Å². The molecule has 0 N–H and O–H groups in total. The van der Waals surface area contributed by atoms with E-state index in [4.69, 9.17) is 11.6 Å². The first-order valence-electron chi connectivity index (χ1n) is 9.25. The quantitative estimate of drug-likeness (QED) is 0.663. The van der Waals surface area contributed by atoms with Gasteiger partial charge in [-0.1, -0.05) is 17.7 Å². The highest BCUT2D eigenvalue weighted by atomic mass is 35.5. The van der Waals surface area contributed by atoms with Gasteiger partial charge in [0.1, 0.15) is 11.6 Å². The predicted octanol–water partition coefficient (Wildman–Crippen LogP) is 4.14. The van der Waals surface area contributed by atoms with Crippen molar-refractivity contribution < 1.29 is 9.18 Å². The third kappa shape index (κ3) is 4.07. The molecule has 5 nitrogen and oxygen atoms in total. The maximum absolute atomic E-state index is 13.6. The van der Waals surface area contributed by atoms with Crippen molar-refractivity contribution in [3.05, 3.63) is 82.9 Å². The number of likely N-dealkylation sites (tertiary alicyclic amines) is 1. The number of aromatic nitrogens is 3. The summed E-state index contributed by atoms with van der Waals surface area (Å²) in [6.45, 7) is 1.94. The van der Waals surface area contributed by atoms with Gasteiger partial charge in [0.2, 0.25) is 0 Å². The SMILES string of the molecule is O=C(c1cc(F)cc(Cl)c1)N1CCC(c2nccn2Cc2cccnc2)CC1. The second-order valence-corrected chi connectivity index (χ2v) is 7.44. The summed E-state index contributed by atoms with van der Waals surface area (Å²) in [5.41, 5.74) is 1.42. The summed E-state index contributed by atoms with van der Waals surface area (Å²) < 4.78 is 15.7. The zero-order chi connectivity index (χ0) is 19.5. The van der Waals surface area contributed by atoms with Gasteiger partial charge in [-0.3, -0.25) is 9.78 Å². The molecule has 0 atom stereocenters. The molecule has 1 aliphatic heterocycles. The van der Waals surface area contributed by atoms with Crippen molar-refractivity contribution in [2.45, 2.75) is 25.3 Å². The van der Waals surface area contributed by atoms with Gasteiger partial charge in [-0.2, -0.15) is 0 Å². The average Bonchev–Trinajstić information content (AvgIpc) is 3.15. The minimum Gasteiger partial charge on any atom is -0.339 e. The largest absolute Gasteiger partial charge is 0.339 e. The Hall–Kier alpha value is -2.73. The molecule has 3 aromatic rings. The number of piperidine rings is 1. The van der Waals surface area contributed by atoms with Crippen molar-refractivity contribution in [1.29, 1.82) is 0 Å². The van der Waals surface area contributed by atoms with E-state index >= 15 is 0 Å². The molecule has 4 rings (SSSR count). The predicted molar refractivity (Wildman–Crippen MR) is 105 cm³/mol. The standard InChI is InChI=1S/C21H20ClFN4O/c22-18-10-17(11-19(23)12-18)21(28)26-7-3-16(4-8-26)20-25-6-9-27(20)14-15-2-1-5-24-13-15/h1-2,5-6,9-13,16H,3-4,7-8,14H2. The number of benzene rings is 1. The Labute approximate surface area is 167 Å². The van der Waals surface area contributed by atoms with Gasteiger partial charge in [0.15, 0.2) is 0 Å². The minimum absolute atomic E-state index is 0.182. The van der Waals surface area contributed by atoms with Crippen LogP contribution in [-0.2, 0) is 6.54 Å². The summed E-state index contributed by atoms with van der Waals surface area (Å²) in [6.07, 6.45) is 9.05. The third-order valence-corrected chi connectivity index (χ3v) is 5.30. The molecule has 0 saturated carbocycles. The second-order valence-electron chi connectivity index (χ2n) is 7.00. The summed E-state index contributed by atoms with van der Waals surface area (Å²) in [7, 11) is 0. The van der Waals surface area contributed by atoms with Gasteiger partial charge in [-0.25, -0.2) is 9.37 Å². The van der Waals surface area contributed by atoms with E-state index in [-0.39, 0.29) is 16.8 Å². The number of imidazole rings is 1. The Bertz CT molecular complexity index is 947. The summed E-state index contributed by atoms with van der Waals surface area (Å²) in [4.78, 5) is 23.2. The zero-order valence-electron chi connectivity index (χ0n) is 15.3. The Morgan fingerprint density at radius 3 is 2.75 bits per heavy atom. The molecule has 0 bridgehead atoms. The number of carbonyl (C=O) groups is 1. The third-order valence-electron chi connectivity index (χ3n) is 5.08. The van der Waals surface area contributed by atoms with E-state index in [0.717, 1.165) is 30.8 Å². The van der Waals surface area contributed by atoms with Crippen molar-refractivity contribution in [2.75, 3.05) is 13.1 Å². The lowest BCUT2D eigenvalue weighted by molar-refractivity contribution is 0.0710. The van der Waals surface area contributed by atoms with Crippen LogP contribution in [-0.4, -0.2) is 38.4 Å². The molecule has 1 saturated heterocycles. The van der Waals surface area contributed by atoms with Crippen molar-refractivity contribution in [2.24, 2.45) is 0 Å². The molecular formula is C21H20ClFN4O. The highest BCUT2D eigenvalue weighted by molar-refractivity contribution is 6.31. The van der Waals surface area contributed by atoms with Crippen LogP contribution in [0.5, 0.6) is 0 Å². The molecule has 1 aliphatic rings.